The van der Waals surface area contributed by atoms with E-state index in [-0.39, 0.29) is 13.0 Å². The Kier molecular flexibility index (Phi) is 5.29. The zero-order chi connectivity index (χ0) is 13.0. The first kappa shape index (κ1) is 14.3. The molecule has 1 aliphatic heterocycles. The van der Waals surface area contributed by atoms with Crippen LogP contribution in [0.4, 0.5) is 0 Å². The summed E-state index contributed by atoms with van der Waals surface area (Å²) in [6.45, 7) is 1.54. The van der Waals surface area contributed by atoms with Crippen molar-refractivity contribution in [2.75, 3.05) is 6.61 Å². The molecule has 0 aliphatic carbocycles. The summed E-state index contributed by atoms with van der Waals surface area (Å²) in [7, 11) is 0. The highest BCUT2D eigenvalue weighted by atomic mass is 16.6. The molecular weight excluding hydrogens is 232 g/mol. The first-order valence-electron chi connectivity index (χ1n) is 5.50. The summed E-state index contributed by atoms with van der Waals surface area (Å²) in [5.41, 5.74) is 0. The molecule has 5 atom stereocenters. The maximum absolute atomic E-state index is 11.1. The Balaban J connectivity index is 2.45. The van der Waals surface area contributed by atoms with E-state index < -0.39 is 36.7 Å². The van der Waals surface area contributed by atoms with Crippen LogP contribution in [0.1, 0.15) is 19.8 Å². The molecule has 0 spiro atoms. The average Bonchev–Trinajstić information content (AvgIpc) is 2.30. The number of hydrogen-bond donors (Lipinski definition) is 4. The molecule has 0 amide bonds. The Morgan fingerprint density at radius 3 is 2.41 bits per heavy atom. The normalized spacial score (nSPS) is 37.8. The second-order valence-electron chi connectivity index (χ2n) is 3.97. The minimum absolute atomic E-state index is 0.247. The standard InChI is InChI=1S/C10H18O7/c1-2-3-6(11)16-4-5-7(12)8(13)9(14)10(15)17-5/h5,7-10,12-15H,2-4H2,1H3/t5-,7+,8+,9-,10+/m1/s1. The van der Waals surface area contributed by atoms with Gasteiger partial charge in [-0.25, -0.2) is 0 Å². The van der Waals surface area contributed by atoms with E-state index >= 15 is 0 Å². The number of hydrogen-bond acceptors (Lipinski definition) is 7. The van der Waals surface area contributed by atoms with Crippen molar-refractivity contribution in [1.29, 1.82) is 0 Å². The number of carbonyl (C=O) groups excluding carboxylic acids is 1. The molecule has 17 heavy (non-hydrogen) atoms. The zero-order valence-corrected chi connectivity index (χ0v) is 9.52. The van der Waals surface area contributed by atoms with E-state index in [0.29, 0.717) is 6.42 Å². The van der Waals surface area contributed by atoms with Gasteiger partial charge in [-0.05, 0) is 6.42 Å². The first-order chi connectivity index (χ1) is 7.97. The van der Waals surface area contributed by atoms with Crippen LogP contribution in [-0.2, 0) is 14.3 Å². The summed E-state index contributed by atoms with van der Waals surface area (Å²) in [5.74, 6) is -0.446. The SMILES string of the molecule is CCCC(=O)OC[C@H]1O[C@H](O)[C@H](O)[C@@H](O)[C@H]1O. The van der Waals surface area contributed by atoms with Gasteiger partial charge in [0.05, 0.1) is 0 Å². The minimum Gasteiger partial charge on any atom is -0.463 e. The summed E-state index contributed by atoms with van der Waals surface area (Å²) < 4.78 is 9.62. The monoisotopic (exact) mass is 250 g/mol. The number of aliphatic hydroxyl groups excluding tert-OH is 4. The molecule has 100 valence electrons. The minimum atomic E-state index is -1.61. The molecule has 4 N–H and O–H groups in total. The van der Waals surface area contributed by atoms with Crippen LogP contribution in [0.2, 0.25) is 0 Å². The van der Waals surface area contributed by atoms with Gasteiger partial charge in [0.1, 0.15) is 31.0 Å². The molecule has 0 unspecified atom stereocenters. The lowest BCUT2D eigenvalue weighted by molar-refractivity contribution is -0.287. The van der Waals surface area contributed by atoms with E-state index in [1.165, 1.54) is 0 Å². The van der Waals surface area contributed by atoms with Crippen molar-refractivity contribution < 1.29 is 34.7 Å². The van der Waals surface area contributed by atoms with Crippen LogP contribution in [-0.4, -0.2) is 63.7 Å². The summed E-state index contributed by atoms with van der Waals surface area (Å²) in [6.07, 6.45) is -6.30. The van der Waals surface area contributed by atoms with Gasteiger partial charge in [0.15, 0.2) is 6.29 Å². The van der Waals surface area contributed by atoms with Crippen molar-refractivity contribution in [2.45, 2.75) is 50.5 Å². The van der Waals surface area contributed by atoms with Crippen LogP contribution in [0.5, 0.6) is 0 Å². The Hall–Kier alpha value is -0.730. The second kappa shape index (κ2) is 6.27. The van der Waals surface area contributed by atoms with Crippen LogP contribution in [0.25, 0.3) is 0 Å². The van der Waals surface area contributed by atoms with E-state index in [1.54, 1.807) is 0 Å². The smallest absolute Gasteiger partial charge is 0.305 e. The third-order valence-electron chi connectivity index (χ3n) is 2.55. The number of carbonyl (C=O) groups is 1. The molecule has 7 heteroatoms. The molecule has 0 saturated carbocycles. The summed E-state index contributed by atoms with van der Waals surface area (Å²) in [6, 6.07) is 0. The van der Waals surface area contributed by atoms with Gasteiger partial charge in [-0.15, -0.1) is 0 Å². The van der Waals surface area contributed by atoms with Crippen molar-refractivity contribution in [3.63, 3.8) is 0 Å². The molecule has 1 rings (SSSR count). The number of rotatable bonds is 4. The van der Waals surface area contributed by atoms with Gasteiger partial charge in [-0.3, -0.25) is 4.79 Å². The summed E-state index contributed by atoms with van der Waals surface area (Å²) in [4.78, 5) is 11.1. The van der Waals surface area contributed by atoms with Crippen LogP contribution in [0, 0.1) is 0 Å². The fourth-order valence-corrected chi connectivity index (χ4v) is 1.52. The lowest BCUT2D eigenvalue weighted by Gasteiger charge is -2.37. The van der Waals surface area contributed by atoms with Crippen molar-refractivity contribution >= 4 is 5.97 Å². The molecule has 7 nitrogen and oxygen atoms in total. The van der Waals surface area contributed by atoms with Crippen molar-refractivity contribution in [3.05, 3.63) is 0 Å². The number of aliphatic hydroxyl groups is 4. The topological polar surface area (TPSA) is 116 Å². The Labute approximate surface area is 98.6 Å². The molecule has 0 aromatic carbocycles. The van der Waals surface area contributed by atoms with Gasteiger partial charge in [0, 0.05) is 6.42 Å². The van der Waals surface area contributed by atoms with Crippen LogP contribution < -0.4 is 0 Å². The maximum atomic E-state index is 11.1. The highest BCUT2D eigenvalue weighted by Gasteiger charge is 2.43. The van der Waals surface area contributed by atoms with E-state index in [4.69, 9.17) is 9.47 Å². The Bertz CT molecular complexity index is 257. The molecule has 0 aromatic rings. The molecule has 1 fully saturated rings. The van der Waals surface area contributed by atoms with Crippen LogP contribution >= 0.6 is 0 Å². The maximum Gasteiger partial charge on any atom is 0.305 e. The van der Waals surface area contributed by atoms with E-state index in [0.717, 1.165) is 0 Å². The van der Waals surface area contributed by atoms with Crippen LogP contribution in [0.15, 0.2) is 0 Å². The predicted molar refractivity (Wildman–Crippen MR) is 54.8 cm³/mol. The summed E-state index contributed by atoms with van der Waals surface area (Å²) in [5, 5.41) is 37.3. The van der Waals surface area contributed by atoms with E-state index in [2.05, 4.69) is 0 Å². The average molecular weight is 250 g/mol. The lowest BCUT2D eigenvalue weighted by Crippen LogP contribution is -2.58. The molecule has 1 aliphatic rings. The summed E-state index contributed by atoms with van der Waals surface area (Å²) >= 11 is 0. The van der Waals surface area contributed by atoms with E-state index in [1.807, 2.05) is 6.92 Å². The molecule has 0 aromatic heterocycles. The Morgan fingerprint density at radius 1 is 1.18 bits per heavy atom. The molecule has 1 heterocycles. The largest absolute Gasteiger partial charge is 0.463 e. The van der Waals surface area contributed by atoms with Gasteiger partial charge < -0.3 is 29.9 Å². The van der Waals surface area contributed by atoms with Crippen molar-refractivity contribution in [3.8, 4) is 0 Å². The first-order valence-corrected chi connectivity index (χ1v) is 5.50. The second-order valence-corrected chi connectivity index (χ2v) is 3.97. The molecular formula is C10H18O7. The molecule has 0 bridgehead atoms. The van der Waals surface area contributed by atoms with Gasteiger partial charge in [0.25, 0.3) is 0 Å². The fraction of sp³-hybridized carbons (Fsp3) is 0.900. The lowest BCUT2D eigenvalue weighted by atomic mass is 9.99. The van der Waals surface area contributed by atoms with Crippen LogP contribution in [0.3, 0.4) is 0 Å². The zero-order valence-electron chi connectivity index (χ0n) is 9.52. The van der Waals surface area contributed by atoms with Gasteiger partial charge in [-0.1, -0.05) is 6.92 Å². The Morgan fingerprint density at radius 2 is 1.82 bits per heavy atom. The number of ether oxygens (including phenoxy) is 2. The number of esters is 1. The highest BCUT2D eigenvalue weighted by Crippen LogP contribution is 2.20. The quantitative estimate of drug-likeness (QED) is 0.432. The predicted octanol–water partition coefficient (Wildman–Crippen LogP) is -1.87. The molecule has 1 saturated heterocycles. The van der Waals surface area contributed by atoms with Gasteiger partial charge in [-0.2, -0.15) is 0 Å². The third-order valence-corrected chi connectivity index (χ3v) is 2.55. The van der Waals surface area contributed by atoms with Crippen molar-refractivity contribution in [2.24, 2.45) is 0 Å². The van der Waals surface area contributed by atoms with Gasteiger partial charge >= 0.3 is 5.97 Å². The molecule has 0 radical (unpaired) electrons. The van der Waals surface area contributed by atoms with Gasteiger partial charge in [0.2, 0.25) is 0 Å². The van der Waals surface area contributed by atoms with E-state index in [9.17, 15) is 25.2 Å². The third kappa shape index (κ3) is 3.62. The highest BCUT2D eigenvalue weighted by molar-refractivity contribution is 5.69. The van der Waals surface area contributed by atoms with Crippen molar-refractivity contribution in [1.82, 2.24) is 0 Å². The fourth-order valence-electron chi connectivity index (χ4n) is 1.52.